The van der Waals surface area contributed by atoms with Crippen LogP contribution in [-0.2, 0) is 29.7 Å². The van der Waals surface area contributed by atoms with Gasteiger partial charge in [0.05, 0.1) is 31.6 Å². The molecule has 0 aliphatic heterocycles. The van der Waals surface area contributed by atoms with Crippen LogP contribution in [0.1, 0.15) is 24.4 Å². The van der Waals surface area contributed by atoms with Crippen molar-refractivity contribution in [3.8, 4) is 5.75 Å². The van der Waals surface area contributed by atoms with E-state index in [0.29, 0.717) is 30.4 Å². The second-order valence-corrected chi connectivity index (χ2v) is 13.0. The maximum absolute atomic E-state index is 13.6. The fraction of sp³-hybridized carbons (Fsp3) is 0.375. The normalized spacial score (nSPS) is 12.8. The van der Waals surface area contributed by atoms with E-state index in [0.717, 1.165) is 23.9 Å². The van der Waals surface area contributed by atoms with Gasteiger partial charge < -0.3 is 19.7 Å². The number of nitrogens with one attached hydrogen (secondary N) is 3. The van der Waals surface area contributed by atoms with Crippen LogP contribution >= 0.6 is 21.6 Å². The Kier molecular flexibility index (Phi) is 10.3. The summed E-state index contributed by atoms with van der Waals surface area (Å²) in [5.74, 6) is 4.49. The third-order valence-electron chi connectivity index (χ3n) is 5.76. The van der Waals surface area contributed by atoms with Gasteiger partial charge in [-0.05, 0) is 31.2 Å². The van der Waals surface area contributed by atoms with Crippen molar-refractivity contribution in [2.45, 2.75) is 37.5 Å². The highest BCUT2D eigenvalue weighted by atomic mass is 33.1. The zero-order chi connectivity index (χ0) is 26.8. The number of nitrogens with zero attached hydrogens (tertiary/aromatic N) is 5. The van der Waals surface area contributed by atoms with Crippen LogP contribution in [0, 0.1) is 0 Å². The van der Waals surface area contributed by atoms with E-state index in [1.165, 1.54) is 4.31 Å². The number of aromatic nitrogens is 6. The molecular formula is C24H32N8O3S3. The molecule has 0 amide bonds. The SMILES string of the molecule is COc1ccc(S(=O)(=O)N(Cc2ncc[nH]2)C(C)CSSCCN(Cc2ncc[nH]2)Cc2ncc[nH]2)cc1. The molecule has 3 heterocycles. The van der Waals surface area contributed by atoms with Crippen molar-refractivity contribution in [3.63, 3.8) is 0 Å². The highest BCUT2D eigenvalue weighted by Crippen LogP contribution is 2.28. The Morgan fingerprint density at radius 3 is 1.92 bits per heavy atom. The van der Waals surface area contributed by atoms with Crippen LogP contribution in [0.5, 0.6) is 5.75 Å². The number of benzene rings is 1. The van der Waals surface area contributed by atoms with Crippen LogP contribution in [0.2, 0.25) is 0 Å². The van der Waals surface area contributed by atoms with Crippen molar-refractivity contribution >= 4 is 31.6 Å². The molecule has 0 aliphatic carbocycles. The van der Waals surface area contributed by atoms with Crippen LogP contribution in [0.25, 0.3) is 0 Å². The van der Waals surface area contributed by atoms with Gasteiger partial charge in [-0.25, -0.2) is 23.4 Å². The second-order valence-electron chi connectivity index (χ2n) is 8.50. The first-order valence-electron chi connectivity index (χ1n) is 12.0. The van der Waals surface area contributed by atoms with Gasteiger partial charge in [-0.1, -0.05) is 21.6 Å². The molecule has 1 aromatic carbocycles. The number of sulfonamides is 1. The topological polar surface area (TPSA) is 136 Å². The van der Waals surface area contributed by atoms with Gasteiger partial charge in [0.15, 0.2) is 0 Å². The van der Waals surface area contributed by atoms with Crippen LogP contribution in [0.4, 0.5) is 0 Å². The highest BCUT2D eigenvalue weighted by molar-refractivity contribution is 8.76. The van der Waals surface area contributed by atoms with Gasteiger partial charge in [-0.3, -0.25) is 4.90 Å². The molecule has 3 N–H and O–H groups in total. The summed E-state index contributed by atoms with van der Waals surface area (Å²) in [6.45, 7) is 4.29. The lowest BCUT2D eigenvalue weighted by Gasteiger charge is -2.27. The molecule has 0 saturated heterocycles. The van der Waals surface area contributed by atoms with Gasteiger partial charge in [-0.15, -0.1) is 0 Å². The summed E-state index contributed by atoms with van der Waals surface area (Å²) in [5, 5.41) is 0. The minimum atomic E-state index is -3.75. The first kappa shape index (κ1) is 28.2. The summed E-state index contributed by atoms with van der Waals surface area (Å²) < 4.78 is 33.9. The number of hydrogen-bond acceptors (Lipinski definition) is 9. The van der Waals surface area contributed by atoms with Crippen LogP contribution in [-0.4, -0.2) is 78.7 Å². The van der Waals surface area contributed by atoms with E-state index >= 15 is 0 Å². The molecule has 0 bridgehead atoms. The standard InChI is InChI=1S/C24H32N8O3S3/c1-19(18-37-36-14-13-31(15-22-25-7-8-26-22)16-23-27-9-10-28-23)32(17-24-29-11-12-30-24)38(33,34)21-5-3-20(35-2)4-6-21/h3-12,19H,13-18H2,1-2H3,(H,25,26)(H,27,28)(H,29,30). The zero-order valence-electron chi connectivity index (χ0n) is 21.3. The van der Waals surface area contributed by atoms with Crippen molar-refractivity contribution in [2.24, 2.45) is 0 Å². The fourth-order valence-electron chi connectivity index (χ4n) is 3.75. The molecule has 0 spiro atoms. The van der Waals surface area contributed by atoms with E-state index in [-0.39, 0.29) is 17.5 Å². The van der Waals surface area contributed by atoms with Crippen molar-refractivity contribution in [3.05, 3.63) is 78.9 Å². The van der Waals surface area contributed by atoms with Crippen LogP contribution < -0.4 is 4.74 Å². The Hall–Kier alpha value is -2.78. The quantitative estimate of drug-likeness (QED) is 0.135. The van der Waals surface area contributed by atoms with Crippen molar-refractivity contribution in [1.82, 2.24) is 39.1 Å². The predicted octanol–water partition coefficient (Wildman–Crippen LogP) is 3.53. The number of aromatic amines is 3. The summed E-state index contributed by atoms with van der Waals surface area (Å²) in [7, 11) is 1.19. The van der Waals surface area contributed by atoms with Crippen molar-refractivity contribution in [1.29, 1.82) is 0 Å². The summed E-state index contributed by atoms with van der Waals surface area (Å²) >= 11 is 0. The van der Waals surface area contributed by atoms with Crippen LogP contribution in [0.3, 0.4) is 0 Å². The molecule has 0 aliphatic rings. The molecule has 3 aromatic heterocycles. The van der Waals surface area contributed by atoms with E-state index < -0.39 is 10.0 Å². The number of methoxy groups -OCH3 is 1. The average Bonchev–Trinajstić information content (AvgIpc) is 3.71. The number of hydrogen-bond donors (Lipinski definition) is 3. The largest absolute Gasteiger partial charge is 0.497 e. The van der Waals surface area contributed by atoms with E-state index in [1.54, 1.807) is 77.8 Å². The molecule has 38 heavy (non-hydrogen) atoms. The minimum Gasteiger partial charge on any atom is -0.497 e. The fourth-order valence-corrected chi connectivity index (χ4v) is 7.82. The molecule has 11 nitrogen and oxygen atoms in total. The Labute approximate surface area is 230 Å². The lowest BCUT2D eigenvalue weighted by Crippen LogP contribution is -2.39. The van der Waals surface area contributed by atoms with Gasteiger partial charge in [0.25, 0.3) is 0 Å². The molecule has 0 radical (unpaired) electrons. The Morgan fingerprint density at radius 2 is 1.42 bits per heavy atom. The molecule has 0 fully saturated rings. The van der Waals surface area contributed by atoms with Gasteiger partial charge >= 0.3 is 0 Å². The number of imidazole rings is 3. The Morgan fingerprint density at radius 1 is 0.868 bits per heavy atom. The lowest BCUT2D eigenvalue weighted by molar-refractivity contribution is 0.262. The predicted molar refractivity (Wildman–Crippen MR) is 150 cm³/mol. The molecular weight excluding hydrogens is 545 g/mol. The molecule has 204 valence electrons. The van der Waals surface area contributed by atoms with Crippen molar-refractivity contribution in [2.75, 3.05) is 25.2 Å². The van der Waals surface area contributed by atoms with E-state index in [9.17, 15) is 8.42 Å². The lowest BCUT2D eigenvalue weighted by atomic mass is 10.3. The van der Waals surface area contributed by atoms with Gasteiger partial charge in [0.1, 0.15) is 23.2 Å². The number of H-pyrrole nitrogens is 3. The number of ether oxygens (including phenoxy) is 1. The summed E-state index contributed by atoms with van der Waals surface area (Å²) in [6, 6.07) is 6.20. The minimum absolute atomic E-state index is 0.161. The molecule has 14 heteroatoms. The zero-order valence-corrected chi connectivity index (χ0v) is 23.7. The third-order valence-corrected chi connectivity index (χ3v) is 10.3. The first-order chi connectivity index (χ1) is 18.5. The Bertz CT molecular complexity index is 1260. The number of rotatable bonds is 16. The summed E-state index contributed by atoms with van der Waals surface area (Å²) in [6.07, 6.45) is 10.5. The molecule has 4 aromatic rings. The third kappa shape index (κ3) is 7.86. The smallest absolute Gasteiger partial charge is 0.243 e. The van der Waals surface area contributed by atoms with Gasteiger partial charge in [0, 0.05) is 61.3 Å². The molecule has 1 atom stereocenters. The molecule has 1 unspecified atom stereocenters. The monoisotopic (exact) mass is 576 g/mol. The summed E-state index contributed by atoms with van der Waals surface area (Å²) in [4.78, 5) is 24.8. The summed E-state index contributed by atoms with van der Waals surface area (Å²) in [5.41, 5.74) is 0. The second kappa shape index (κ2) is 13.8. The van der Waals surface area contributed by atoms with E-state index in [4.69, 9.17) is 4.74 Å². The molecule has 0 saturated carbocycles. The maximum Gasteiger partial charge on any atom is 0.243 e. The molecule has 4 rings (SSSR count). The average molecular weight is 577 g/mol. The van der Waals surface area contributed by atoms with E-state index in [1.807, 2.05) is 19.3 Å². The van der Waals surface area contributed by atoms with Gasteiger partial charge in [-0.2, -0.15) is 4.31 Å². The highest BCUT2D eigenvalue weighted by Gasteiger charge is 2.30. The van der Waals surface area contributed by atoms with Gasteiger partial charge in [0.2, 0.25) is 10.0 Å². The Balaban J connectivity index is 1.34. The first-order valence-corrected chi connectivity index (χ1v) is 16.0. The van der Waals surface area contributed by atoms with Crippen LogP contribution in [0.15, 0.2) is 66.3 Å². The van der Waals surface area contributed by atoms with E-state index in [2.05, 4.69) is 34.8 Å². The maximum atomic E-state index is 13.6. The van der Waals surface area contributed by atoms with Crippen molar-refractivity contribution < 1.29 is 13.2 Å².